The fourth-order valence-electron chi connectivity index (χ4n) is 1.87. The molecule has 0 aromatic heterocycles. The molecule has 0 heterocycles. The van der Waals surface area contributed by atoms with Crippen LogP contribution in [0.5, 0.6) is 5.75 Å². The molecule has 0 saturated heterocycles. The van der Waals surface area contributed by atoms with Crippen LogP contribution in [0.1, 0.15) is 59.6 Å². The zero-order chi connectivity index (χ0) is 16.2. The zero-order valence-electron chi connectivity index (χ0n) is 14.6. The molecular formula is C17H29O3Ti. The van der Waals surface area contributed by atoms with Crippen LogP contribution in [-0.4, -0.2) is 12.2 Å². The monoisotopic (exact) mass is 329 g/mol. The SMILES string of the molecule is Cc1ccc([O][Ti]([O]C(C)C)[O]C(C)C)c(C(C)(C)C)c1. The maximum atomic E-state index is 6.17. The average molecular weight is 329 g/mol. The molecule has 4 heteroatoms. The first-order chi connectivity index (χ1) is 9.59. The van der Waals surface area contributed by atoms with Crippen molar-refractivity contribution in [1.82, 2.24) is 0 Å². The number of benzene rings is 1. The fraction of sp³-hybridized carbons (Fsp3) is 0.647. The van der Waals surface area contributed by atoms with E-state index in [1.807, 2.05) is 33.8 Å². The topological polar surface area (TPSA) is 27.7 Å². The van der Waals surface area contributed by atoms with Crippen LogP contribution in [0, 0.1) is 6.92 Å². The Kier molecular flexibility index (Phi) is 6.93. The molecule has 3 nitrogen and oxygen atoms in total. The summed E-state index contributed by atoms with van der Waals surface area (Å²) in [5.74, 6) is 0.893. The minimum absolute atomic E-state index is 0.0282. The molecule has 0 saturated carbocycles. The van der Waals surface area contributed by atoms with Gasteiger partial charge in [-0.2, -0.15) is 0 Å². The van der Waals surface area contributed by atoms with Crippen LogP contribution in [-0.2, 0) is 31.1 Å². The van der Waals surface area contributed by atoms with Crippen LogP contribution in [0.4, 0.5) is 0 Å². The Morgan fingerprint density at radius 2 is 1.48 bits per heavy atom. The Morgan fingerprint density at radius 1 is 0.952 bits per heavy atom. The summed E-state index contributed by atoms with van der Waals surface area (Å²) in [5.41, 5.74) is 2.47. The average Bonchev–Trinajstić information content (AvgIpc) is 2.28. The molecule has 0 aliphatic carbocycles. The third-order valence-corrected chi connectivity index (χ3v) is 5.48. The van der Waals surface area contributed by atoms with Gasteiger partial charge in [0.25, 0.3) is 0 Å². The second kappa shape index (κ2) is 7.78. The van der Waals surface area contributed by atoms with E-state index in [2.05, 4.69) is 39.8 Å². The molecule has 0 aliphatic rings. The van der Waals surface area contributed by atoms with Gasteiger partial charge in [-0.25, -0.2) is 0 Å². The molecule has 1 rings (SSSR count). The second-order valence-electron chi connectivity index (χ2n) is 6.93. The van der Waals surface area contributed by atoms with Crippen LogP contribution < -0.4 is 3.32 Å². The molecule has 1 aromatic carbocycles. The van der Waals surface area contributed by atoms with E-state index in [-0.39, 0.29) is 17.6 Å². The maximum absolute atomic E-state index is 6.17. The van der Waals surface area contributed by atoms with Crippen molar-refractivity contribution in [2.75, 3.05) is 0 Å². The third-order valence-electron chi connectivity index (χ3n) is 2.80. The molecule has 0 N–H and O–H groups in total. The summed E-state index contributed by atoms with van der Waals surface area (Å²) >= 11 is -2.49. The van der Waals surface area contributed by atoms with E-state index in [4.69, 9.17) is 9.96 Å². The summed E-state index contributed by atoms with van der Waals surface area (Å²) in [6, 6.07) is 6.30. The van der Waals surface area contributed by atoms with Crippen LogP contribution in [0.3, 0.4) is 0 Å². The number of hydrogen-bond donors (Lipinski definition) is 0. The quantitative estimate of drug-likeness (QED) is 0.696. The Labute approximate surface area is 137 Å². The summed E-state index contributed by atoms with van der Waals surface area (Å²) in [5, 5.41) is 0. The molecule has 0 amide bonds. The first-order valence-corrected chi connectivity index (χ1v) is 9.50. The molecule has 0 spiro atoms. The molecule has 1 aromatic rings. The fourth-order valence-corrected chi connectivity index (χ4v) is 3.87. The van der Waals surface area contributed by atoms with E-state index in [9.17, 15) is 0 Å². The molecule has 0 fully saturated rings. The van der Waals surface area contributed by atoms with Gasteiger partial charge in [-0.3, -0.25) is 0 Å². The van der Waals surface area contributed by atoms with Crippen molar-refractivity contribution in [2.24, 2.45) is 0 Å². The predicted octanol–water partition coefficient (Wildman–Crippen LogP) is 4.88. The Hall–Kier alpha value is -0.346. The summed E-state index contributed by atoms with van der Waals surface area (Å²) in [6.07, 6.45) is 0.226. The standard InChI is InChI=1S/C11H16O.2C3H7O.Ti/c1-8-5-6-10(12)9(7-8)11(2,3)4;2*1-3(2)4;/h5-7,12H,1-4H3;2*3H,1-2H3;/q;2*-1;+3/p-1. The van der Waals surface area contributed by atoms with Crippen molar-refractivity contribution >= 4 is 0 Å². The third kappa shape index (κ3) is 6.52. The molecule has 0 bridgehead atoms. The van der Waals surface area contributed by atoms with Crippen molar-refractivity contribution in [3.63, 3.8) is 0 Å². The van der Waals surface area contributed by atoms with Crippen LogP contribution in [0.25, 0.3) is 0 Å². The summed E-state index contributed by atoms with van der Waals surface area (Å²) in [6.45, 7) is 16.7. The van der Waals surface area contributed by atoms with Crippen molar-refractivity contribution in [2.45, 2.75) is 73.0 Å². The Bertz CT molecular complexity index is 440. The van der Waals surface area contributed by atoms with E-state index < -0.39 is 19.0 Å². The van der Waals surface area contributed by atoms with Crippen molar-refractivity contribution < 1.29 is 29.0 Å². The van der Waals surface area contributed by atoms with E-state index in [1.165, 1.54) is 11.1 Å². The van der Waals surface area contributed by atoms with Gasteiger partial charge in [-0.05, 0) is 0 Å². The molecule has 0 radical (unpaired) electrons. The van der Waals surface area contributed by atoms with Crippen molar-refractivity contribution in [3.05, 3.63) is 29.3 Å². The molecule has 119 valence electrons. The predicted molar refractivity (Wildman–Crippen MR) is 82.9 cm³/mol. The van der Waals surface area contributed by atoms with Gasteiger partial charge in [-0.15, -0.1) is 0 Å². The first kappa shape index (κ1) is 18.7. The first-order valence-electron chi connectivity index (χ1n) is 7.59. The van der Waals surface area contributed by atoms with Gasteiger partial charge >= 0.3 is 137 Å². The Balaban J connectivity index is 3.02. The number of rotatable bonds is 6. The van der Waals surface area contributed by atoms with Crippen molar-refractivity contribution in [3.8, 4) is 5.75 Å². The molecule has 21 heavy (non-hydrogen) atoms. The van der Waals surface area contributed by atoms with E-state index in [0.717, 1.165) is 5.75 Å². The van der Waals surface area contributed by atoms with E-state index in [0.29, 0.717) is 0 Å². The molecule has 0 unspecified atom stereocenters. The molecular weight excluding hydrogens is 300 g/mol. The van der Waals surface area contributed by atoms with Crippen molar-refractivity contribution in [1.29, 1.82) is 0 Å². The van der Waals surface area contributed by atoms with Gasteiger partial charge in [0.2, 0.25) is 0 Å². The summed E-state index contributed by atoms with van der Waals surface area (Å²) in [7, 11) is 0. The summed E-state index contributed by atoms with van der Waals surface area (Å²) < 4.78 is 17.9. The minimum atomic E-state index is -2.49. The van der Waals surface area contributed by atoms with Gasteiger partial charge in [0, 0.05) is 0 Å². The molecule has 0 aliphatic heterocycles. The summed E-state index contributed by atoms with van der Waals surface area (Å²) in [4.78, 5) is 0. The van der Waals surface area contributed by atoms with Gasteiger partial charge in [-0.1, -0.05) is 0 Å². The number of aryl methyl sites for hydroxylation is 1. The Morgan fingerprint density at radius 3 is 1.90 bits per heavy atom. The van der Waals surface area contributed by atoms with E-state index >= 15 is 0 Å². The zero-order valence-corrected chi connectivity index (χ0v) is 16.2. The van der Waals surface area contributed by atoms with Gasteiger partial charge in [0.1, 0.15) is 0 Å². The normalized spacial score (nSPS) is 12.1. The van der Waals surface area contributed by atoms with Crippen LogP contribution in [0.2, 0.25) is 0 Å². The van der Waals surface area contributed by atoms with Crippen LogP contribution >= 0.6 is 0 Å². The van der Waals surface area contributed by atoms with E-state index in [1.54, 1.807) is 0 Å². The van der Waals surface area contributed by atoms with Gasteiger partial charge in [0.15, 0.2) is 0 Å². The molecule has 0 atom stereocenters. The number of hydrogen-bond acceptors (Lipinski definition) is 3. The van der Waals surface area contributed by atoms with Gasteiger partial charge in [0.05, 0.1) is 0 Å². The second-order valence-corrected chi connectivity index (χ2v) is 8.77. The van der Waals surface area contributed by atoms with Crippen LogP contribution in [0.15, 0.2) is 18.2 Å². The van der Waals surface area contributed by atoms with Gasteiger partial charge < -0.3 is 0 Å².